The monoisotopic (exact) mass is 328 g/mol. The molecular weight excluding hydrogens is 312 g/mol. The van der Waals surface area contributed by atoms with Gasteiger partial charge in [0.05, 0.1) is 28.0 Å². The lowest BCUT2D eigenvalue weighted by atomic mass is 10.1. The minimum atomic E-state index is -0.636. The largest absolute Gasteiger partial charge is 0.343 e. The van der Waals surface area contributed by atoms with Crippen molar-refractivity contribution in [2.45, 2.75) is 20.4 Å². The molecule has 0 bridgehead atoms. The van der Waals surface area contributed by atoms with Gasteiger partial charge in [0.1, 0.15) is 5.01 Å². The summed E-state index contributed by atoms with van der Waals surface area (Å²) in [6, 6.07) is 7.76. The molecule has 2 heterocycles. The Morgan fingerprint density at radius 1 is 1.26 bits per heavy atom. The molecule has 0 unspecified atom stereocenters. The molecule has 1 aromatic carbocycles. The first kappa shape index (κ1) is 15.4. The number of hydrogen-bond acceptors (Lipinski definition) is 5. The molecule has 0 radical (unpaired) electrons. The zero-order chi connectivity index (χ0) is 16.6. The summed E-state index contributed by atoms with van der Waals surface area (Å²) in [6.07, 6.45) is 0. The molecule has 0 aliphatic carbocycles. The third-order valence-electron chi connectivity index (χ3n) is 3.68. The fraction of sp³-hybridized carbons (Fsp3) is 0.250. The van der Waals surface area contributed by atoms with Gasteiger partial charge in [0.25, 0.3) is 11.7 Å². The Balaban J connectivity index is 1.72. The zero-order valence-corrected chi connectivity index (χ0v) is 13.9. The second-order valence-electron chi connectivity index (χ2n) is 5.26. The van der Waals surface area contributed by atoms with Gasteiger partial charge in [-0.25, -0.2) is 4.98 Å². The minimum absolute atomic E-state index is 0.238. The number of benzene rings is 1. The summed E-state index contributed by atoms with van der Waals surface area (Å²) >= 11 is 1.50. The smallest absolute Gasteiger partial charge is 0.292 e. The van der Waals surface area contributed by atoms with E-state index in [-0.39, 0.29) is 6.54 Å². The first-order valence-electron chi connectivity index (χ1n) is 7.14. The zero-order valence-electron chi connectivity index (χ0n) is 13.1. The van der Waals surface area contributed by atoms with Crippen molar-refractivity contribution in [1.82, 2.24) is 20.1 Å². The van der Waals surface area contributed by atoms with Crippen LogP contribution in [0.2, 0.25) is 0 Å². The number of aromatic nitrogens is 3. The minimum Gasteiger partial charge on any atom is -0.343 e. The number of carbonyl (C=O) groups is 2. The van der Waals surface area contributed by atoms with Crippen molar-refractivity contribution in [3.63, 3.8) is 0 Å². The summed E-state index contributed by atoms with van der Waals surface area (Å²) in [7, 11) is 1.75. The highest BCUT2D eigenvalue weighted by Gasteiger charge is 2.23. The number of aryl methyl sites for hydroxylation is 2. The first-order valence-corrected chi connectivity index (χ1v) is 7.96. The Kier molecular flexibility index (Phi) is 3.96. The average molecular weight is 328 g/mol. The van der Waals surface area contributed by atoms with Crippen molar-refractivity contribution in [2.24, 2.45) is 7.05 Å². The molecule has 0 atom stereocenters. The summed E-state index contributed by atoms with van der Waals surface area (Å²) in [5, 5.41) is 7.58. The van der Waals surface area contributed by atoms with Gasteiger partial charge in [-0.05, 0) is 26.0 Å². The van der Waals surface area contributed by atoms with Gasteiger partial charge >= 0.3 is 0 Å². The molecule has 0 aliphatic heterocycles. The highest BCUT2D eigenvalue weighted by atomic mass is 32.1. The standard InChI is InChI=1S/C16H16N4O2S/c1-9-14(10(2)20(3)19-9)15(21)16(22)17-8-13-18-11-6-4-5-7-12(11)23-13/h4-7H,8H2,1-3H3,(H,17,22). The number of rotatable bonds is 4. The predicted molar refractivity (Wildman–Crippen MR) is 88.5 cm³/mol. The quantitative estimate of drug-likeness (QED) is 0.588. The Morgan fingerprint density at radius 2 is 2.00 bits per heavy atom. The summed E-state index contributed by atoms with van der Waals surface area (Å²) in [6.45, 7) is 3.73. The van der Waals surface area contributed by atoms with Crippen LogP contribution in [0.5, 0.6) is 0 Å². The number of para-hydroxylation sites is 1. The molecule has 3 rings (SSSR count). The molecule has 118 valence electrons. The molecule has 3 aromatic rings. The third-order valence-corrected chi connectivity index (χ3v) is 4.72. The van der Waals surface area contributed by atoms with Crippen molar-refractivity contribution in [1.29, 1.82) is 0 Å². The van der Waals surface area contributed by atoms with Crippen molar-refractivity contribution in [3.05, 3.63) is 46.2 Å². The van der Waals surface area contributed by atoms with E-state index in [0.29, 0.717) is 17.0 Å². The van der Waals surface area contributed by atoms with E-state index in [4.69, 9.17) is 0 Å². The van der Waals surface area contributed by atoms with Crippen molar-refractivity contribution < 1.29 is 9.59 Å². The molecular formula is C16H16N4O2S. The van der Waals surface area contributed by atoms with Crippen LogP contribution in [0.3, 0.4) is 0 Å². The van der Waals surface area contributed by atoms with Gasteiger partial charge in [-0.2, -0.15) is 5.10 Å². The number of carbonyl (C=O) groups excluding carboxylic acids is 2. The number of fused-ring (bicyclic) bond motifs is 1. The van der Waals surface area contributed by atoms with Gasteiger partial charge in [0, 0.05) is 12.7 Å². The molecule has 0 aliphatic rings. The van der Waals surface area contributed by atoms with E-state index < -0.39 is 11.7 Å². The summed E-state index contributed by atoms with van der Waals surface area (Å²) in [5.41, 5.74) is 2.51. The fourth-order valence-corrected chi connectivity index (χ4v) is 3.35. The van der Waals surface area contributed by atoms with Gasteiger partial charge in [-0.15, -0.1) is 11.3 Å². The predicted octanol–water partition coefficient (Wildman–Crippen LogP) is 2.15. The lowest BCUT2D eigenvalue weighted by molar-refractivity contribution is -0.117. The third kappa shape index (κ3) is 2.87. The maximum Gasteiger partial charge on any atom is 0.292 e. The maximum atomic E-state index is 12.3. The van der Waals surface area contributed by atoms with Crippen LogP contribution in [0.15, 0.2) is 24.3 Å². The van der Waals surface area contributed by atoms with E-state index >= 15 is 0 Å². The highest BCUT2D eigenvalue weighted by Crippen LogP contribution is 2.21. The lowest BCUT2D eigenvalue weighted by Crippen LogP contribution is -2.31. The van der Waals surface area contributed by atoms with E-state index in [1.807, 2.05) is 24.3 Å². The van der Waals surface area contributed by atoms with Crippen LogP contribution in [-0.2, 0) is 18.4 Å². The molecule has 0 spiro atoms. The molecule has 6 nitrogen and oxygen atoms in total. The fourth-order valence-electron chi connectivity index (χ4n) is 2.45. The lowest BCUT2D eigenvalue weighted by Gasteiger charge is -2.03. The van der Waals surface area contributed by atoms with Gasteiger partial charge in [-0.3, -0.25) is 14.3 Å². The van der Waals surface area contributed by atoms with E-state index in [0.717, 1.165) is 15.2 Å². The number of ketones is 1. The Labute approximate surface area is 137 Å². The average Bonchev–Trinajstić information content (AvgIpc) is 3.05. The second kappa shape index (κ2) is 5.92. The normalized spacial score (nSPS) is 10.9. The van der Waals surface area contributed by atoms with Crippen molar-refractivity contribution >= 4 is 33.2 Å². The number of thiazole rings is 1. The van der Waals surface area contributed by atoms with E-state index in [9.17, 15) is 9.59 Å². The van der Waals surface area contributed by atoms with Gasteiger partial charge in [-0.1, -0.05) is 12.1 Å². The number of nitrogens with one attached hydrogen (secondary N) is 1. The maximum absolute atomic E-state index is 12.3. The molecule has 1 amide bonds. The van der Waals surface area contributed by atoms with Gasteiger partial charge in [0.2, 0.25) is 0 Å². The van der Waals surface area contributed by atoms with Crippen LogP contribution in [0.25, 0.3) is 10.2 Å². The molecule has 2 aromatic heterocycles. The molecule has 0 fully saturated rings. The number of nitrogens with zero attached hydrogens (tertiary/aromatic N) is 3. The summed E-state index contributed by atoms with van der Waals surface area (Å²) in [5.74, 6) is -1.20. The van der Waals surface area contributed by atoms with Crippen LogP contribution in [-0.4, -0.2) is 26.5 Å². The van der Waals surface area contributed by atoms with Crippen LogP contribution in [0, 0.1) is 13.8 Å². The Bertz CT molecular complexity index is 877. The van der Waals surface area contributed by atoms with E-state index in [2.05, 4.69) is 15.4 Å². The molecule has 7 heteroatoms. The van der Waals surface area contributed by atoms with Crippen LogP contribution in [0.4, 0.5) is 0 Å². The van der Waals surface area contributed by atoms with E-state index in [1.54, 1.807) is 25.6 Å². The van der Waals surface area contributed by atoms with Crippen molar-refractivity contribution in [2.75, 3.05) is 0 Å². The molecule has 23 heavy (non-hydrogen) atoms. The number of Topliss-reactive ketones (excluding diaryl/α,β-unsaturated/α-hetero) is 1. The van der Waals surface area contributed by atoms with E-state index in [1.165, 1.54) is 11.3 Å². The topological polar surface area (TPSA) is 76.9 Å². The van der Waals surface area contributed by atoms with Crippen molar-refractivity contribution in [3.8, 4) is 0 Å². The Morgan fingerprint density at radius 3 is 2.65 bits per heavy atom. The summed E-state index contributed by atoms with van der Waals surface area (Å²) in [4.78, 5) is 28.9. The van der Waals surface area contributed by atoms with Crippen LogP contribution in [0.1, 0.15) is 26.8 Å². The SMILES string of the molecule is Cc1nn(C)c(C)c1C(=O)C(=O)NCc1nc2ccccc2s1. The van der Waals surface area contributed by atoms with Crippen LogP contribution < -0.4 is 5.32 Å². The summed E-state index contributed by atoms with van der Waals surface area (Å²) < 4.78 is 2.66. The molecule has 0 saturated carbocycles. The second-order valence-corrected chi connectivity index (χ2v) is 6.37. The molecule has 1 N–H and O–H groups in total. The Hall–Kier alpha value is -2.54. The van der Waals surface area contributed by atoms with Gasteiger partial charge in [0.15, 0.2) is 0 Å². The number of hydrogen-bond donors (Lipinski definition) is 1. The van der Waals surface area contributed by atoms with Crippen LogP contribution >= 0.6 is 11.3 Å². The molecule has 0 saturated heterocycles. The number of amides is 1. The highest BCUT2D eigenvalue weighted by molar-refractivity contribution is 7.18. The first-order chi connectivity index (χ1) is 11.0. The van der Waals surface area contributed by atoms with Gasteiger partial charge < -0.3 is 5.32 Å².